The Morgan fingerprint density at radius 2 is 0.843 bits per heavy atom. The number of sulfone groups is 2. The van der Waals surface area contributed by atoms with Crippen LogP contribution in [0.25, 0.3) is 34.4 Å². The van der Waals surface area contributed by atoms with Crippen LogP contribution in [0.4, 0.5) is 8.78 Å². The zero-order chi connectivity index (χ0) is 50.0. The number of para-hydroxylation sites is 2. The van der Waals surface area contributed by atoms with E-state index in [0.717, 1.165) is 24.8 Å². The van der Waals surface area contributed by atoms with Gasteiger partial charge in [0, 0.05) is 37.6 Å². The summed E-state index contributed by atoms with van der Waals surface area (Å²) in [4.78, 5) is 32.2. The molecule has 8 rings (SSSR count). The molecule has 0 radical (unpaired) electrons. The quantitative estimate of drug-likeness (QED) is 0.115. The predicted octanol–water partition coefficient (Wildman–Crippen LogP) is 4.43. The Morgan fingerprint density at radius 3 is 1.14 bits per heavy atom. The molecule has 0 fully saturated rings. The molecule has 26 heteroatoms. The maximum absolute atomic E-state index is 13.3. The van der Waals surface area contributed by atoms with Gasteiger partial charge in [0.1, 0.15) is 68.9 Å². The highest BCUT2D eigenvalue weighted by Crippen LogP contribution is 2.38. The Balaban J connectivity index is 0.000000206. The summed E-state index contributed by atoms with van der Waals surface area (Å²) in [5.41, 5.74) is 1.60. The number of ether oxygens (including phenoxy) is 4. The van der Waals surface area contributed by atoms with Crippen LogP contribution in [0.15, 0.2) is 98.4 Å². The molecule has 0 N–H and O–H groups in total. The molecular weight excluding hydrogens is 955 g/mol. The van der Waals surface area contributed by atoms with Gasteiger partial charge in [-0.2, -0.15) is 0 Å². The van der Waals surface area contributed by atoms with Crippen LogP contribution < -0.4 is 18.9 Å². The van der Waals surface area contributed by atoms with Crippen LogP contribution >= 0.6 is 0 Å². The van der Waals surface area contributed by atoms with Gasteiger partial charge in [-0.25, -0.2) is 55.5 Å². The molecule has 0 saturated heterocycles. The number of aromatic nitrogens is 14. The lowest BCUT2D eigenvalue weighted by Gasteiger charge is -2.18. The van der Waals surface area contributed by atoms with Gasteiger partial charge in [0.25, 0.3) is 0 Å². The van der Waals surface area contributed by atoms with Crippen LogP contribution in [-0.2, 0) is 44.0 Å². The molecule has 0 saturated carbocycles. The molecule has 0 spiro atoms. The van der Waals surface area contributed by atoms with E-state index in [1.807, 2.05) is 0 Å². The zero-order valence-electron chi connectivity index (χ0n) is 38.3. The molecule has 0 aliphatic heterocycles. The molecule has 0 amide bonds. The fourth-order valence-electron chi connectivity index (χ4n) is 6.86. The highest BCUT2D eigenvalue weighted by Gasteiger charge is 2.31. The molecule has 0 bridgehead atoms. The third-order valence-electron chi connectivity index (χ3n) is 10.5. The number of benzene rings is 2. The third-order valence-corrected chi connectivity index (χ3v) is 14.6. The van der Waals surface area contributed by atoms with Crippen LogP contribution in [0.3, 0.4) is 0 Å². The van der Waals surface area contributed by atoms with E-state index in [-0.39, 0.29) is 47.8 Å². The molecule has 364 valence electrons. The van der Waals surface area contributed by atoms with E-state index < -0.39 is 53.3 Å². The maximum Gasteiger partial charge on any atom is 0.189 e. The Hall–Kier alpha value is -8.00. The highest BCUT2D eigenvalue weighted by molar-refractivity contribution is 7.91. The standard InChI is InChI=1S/2C22H22FN7O4S/c2*1-14(9-19-26-10-15(23)11-27-19)35(31,32)13-20-28-29-22(16-12-24-7-8-25-16)30(20)21-17(33-2)5-4-6-18(21)34-3/h2*4-8,10-12,14H,9,13H2,1-3H3/t2*14-/m10/s1. The zero-order valence-corrected chi connectivity index (χ0v) is 40.0. The molecule has 70 heavy (non-hydrogen) atoms. The van der Waals surface area contributed by atoms with E-state index in [1.54, 1.807) is 45.5 Å². The van der Waals surface area contributed by atoms with Gasteiger partial charge in [-0.05, 0) is 38.1 Å². The molecule has 22 nitrogen and oxygen atoms in total. The van der Waals surface area contributed by atoms with Crippen molar-refractivity contribution in [2.45, 2.75) is 48.7 Å². The molecule has 0 aliphatic carbocycles. The van der Waals surface area contributed by atoms with E-state index in [4.69, 9.17) is 18.9 Å². The summed E-state index contributed by atoms with van der Waals surface area (Å²) in [6, 6.07) is 10.3. The van der Waals surface area contributed by atoms with Crippen molar-refractivity contribution in [3.63, 3.8) is 0 Å². The third kappa shape index (κ3) is 11.3. The lowest BCUT2D eigenvalue weighted by atomic mass is 10.2. The molecule has 2 aromatic carbocycles. The minimum Gasteiger partial charge on any atom is -0.494 e. The predicted molar refractivity (Wildman–Crippen MR) is 247 cm³/mol. The van der Waals surface area contributed by atoms with Crippen LogP contribution in [0.1, 0.15) is 37.1 Å². The Bertz CT molecular complexity index is 3000. The van der Waals surface area contributed by atoms with Crippen LogP contribution in [0.5, 0.6) is 23.0 Å². The highest BCUT2D eigenvalue weighted by atomic mass is 32.2. The number of nitrogens with zero attached hydrogens (tertiary/aromatic N) is 14. The molecule has 2 atom stereocenters. The van der Waals surface area contributed by atoms with Crippen molar-refractivity contribution in [2.24, 2.45) is 0 Å². The summed E-state index contributed by atoms with van der Waals surface area (Å²) < 4.78 is 105. The molecule has 0 unspecified atom stereocenters. The van der Waals surface area contributed by atoms with Crippen LogP contribution in [-0.4, -0.2) is 125 Å². The van der Waals surface area contributed by atoms with Gasteiger partial charge in [-0.15, -0.1) is 20.4 Å². The van der Waals surface area contributed by atoms with Crippen molar-refractivity contribution in [3.8, 4) is 57.4 Å². The van der Waals surface area contributed by atoms with E-state index in [0.29, 0.717) is 45.8 Å². The van der Waals surface area contributed by atoms with E-state index in [1.165, 1.54) is 79.5 Å². The van der Waals surface area contributed by atoms with Crippen LogP contribution in [0.2, 0.25) is 0 Å². The summed E-state index contributed by atoms with van der Waals surface area (Å²) >= 11 is 0. The van der Waals surface area contributed by atoms with Crippen molar-refractivity contribution in [2.75, 3.05) is 28.4 Å². The molecule has 8 aromatic rings. The van der Waals surface area contributed by atoms with E-state index in [2.05, 4.69) is 60.3 Å². The normalized spacial score (nSPS) is 12.3. The first-order valence-electron chi connectivity index (χ1n) is 20.9. The second-order valence-corrected chi connectivity index (χ2v) is 19.9. The number of hydrogen-bond acceptors (Lipinski definition) is 20. The van der Waals surface area contributed by atoms with Gasteiger partial charge in [-0.3, -0.25) is 19.1 Å². The van der Waals surface area contributed by atoms with Gasteiger partial charge in [0.05, 0.1) is 76.1 Å². The number of halogens is 2. The van der Waals surface area contributed by atoms with Crippen molar-refractivity contribution >= 4 is 19.7 Å². The van der Waals surface area contributed by atoms with Crippen molar-refractivity contribution in [3.05, 3.63) is 133 Å². The molecule has 6 heterocycles. The second kappa shape index (κ2) is 22.0. The van der Waals surface area contributed by atoms with Gasteiger partial charge >= 0.3 is 0 Å². The largest absolute Gasteiger partial charge is 0.494 e. The Morgan fingerprint density at radius 1 is 0.500 bits per heavy atom. The number of rotatable bonds is 18. The molecule has 6 aromatic heterocycles. The van der Waals surface area contributed by atoms with Crippen molar-refractivity contribution < 1.29 is 44.6 Å². The second-order valence-electron chi connectivity index (χ2n) is 15.0. The smallest absolute Gasteiger partial charge is 0.189 e. The first kappa shape index (κ1) is 49.9. The number of hydrogen-bond donors (Lipinski definition) is 0. The summed E-state index contributed by atoms with van der Waals surface area (Å²) in [7, 11) is -1.58. The van der Waals surface area contributed by atoms with Crippen molar-refractivity contribution in [1.29, 1.82) is 0 Å². The minimum absolute atomic E-state index is 0.00570. The van der Waals surface area contributed by atoms with Gasteiger partial charge in [0.15, 0.2) is 54.6 Å². The number of methoxy groups -OCH3 is 4. The summed E-state index contributed by atoms with van der Waals surface area (Å²) in [6.45, 7) is 3.08. The average molecular weight is 999 g/mol. The van der Waals surface area contributed by atoms with Gasteiger partial charge < -0.3 is 18.9 Å². The van der Waals surface area contributed by atoms with Gasteiger partial charge in [-0.1, -0.05) is 12.1 Å². The summed E-state index contributed by atoms with van der Waals surface area (Å²) in [5, 5.41) is 15.0. The molecule has 0 aliphatic rings. The van der Waals surface area contributed by atoms with E-state index in [9.17, 15) is 25.6 Å². The lowest BCUT2D eigenvalue weighted by molar-refractivity contribution is 0.390. The van der Waals surface area contributed by atoms with E-state index >= 15 is 0 Å². The Kier molecular flexibility index (Phi) is 15.7. The fraction of sp³-hybridized carbons (Fsp3) is 0.273. The Labute approximate surface area is 400 Å². The van der Waals surface area contributed by atoms with Gasteiger partial charge in [0.2, 0.25) is 0 Å². The monoisotopic (exact) mass is 998 g/mol. The van der Waals surface area contributed by atoms with Crippen molar-refractivity contribution in [1.82, 2.24) is 69.4 Å². The average Bonchev–Trinajstić information content (AvgIpc) is 3.98. The molecular formula is C44H44F2N14O8S2. The van der Waals surface area contributed by atoms with Crippen LogP contribution in [0, 0.1) is 11.6 Å². The fourth-order valence-corrected chi connectivity index (χ4v) is 9.32. The topological polar surface area (TPSA) is 270 Å². The SMILES string of the molecule is COc1cccc(OC)c1-n1c(CS(=O)(=O)[C@@H](C)Cc2ncc(F)cn2)nnc1-c1cnccn1.COc1cccc(OC)c1-n1c(CS(=O)(=O)[C@H](C)Cc2ncc(F)cn2)nnc1-c1cnccn1. The lowest BCUT2D eigenvalue weighted by Crippen LogP contribution is -2.24. The maximum atomic E-state index is 13.3. The summed E-state index contributed by atoms with van der Waals surface area (Å²) in [6.07, 6.45) is 13.0. The summed E-state index contributed by atoms with van der Waals surface area (Å²) in [5.74, 6) is 0.781. The minimum atomic E-state index is -3.77. The first-order valence-corrected chi connectivity index (χ1v) is 24.3. The first-order chi connectivity index (χ1) is 33.7.